The van der Waals surface area contributed by atoms with E-state index in [1.54, 1.807) is 0 Å². The molecule has 176 valence electrons. The van der Waals surface area contributed by atoms with E-state index >= 15 is 0 Å². The molecule has 1 aliphatic heterocycles. The van der Waals surface area contributed by atoms with Gasteiger partial charge in [-0.1, -0.05) is 18.2 Å². The summed E-state index contributed by atoms with van der Waals surface area (Å²) in [5, 5.41) is 3.26. The van der Waals surface area contributed by atoms with Crippen LogP contribution < -0.4 is 10.2 Å². The van der Waals surface area contributed by atoms with Crippen LogP contribution in [-0.4, -0.2) is 49.6 Å². The Balaban J connectivity index is 1.93. The number of anilines is 2. The first-order chi connectivity index (χ1) is 15.9. The van der Waals surface area contributed by atoms with Gasteiger partial charge in [-0.2, -0.15) is 0 Å². The number of nitrogens with one attached hydrogen (secondary N) is 1. The number of benzene rings is 2. The van der Waals surface area contributed by atoms with E-state index in [1.807, 2.05) is 63.2 Å². The van der Waals surface area contributed by atoms with E-state index in [2.05, 4.69) is 24.1 Å². The van der Waals surface area contributed by atoms with Crippen LogP contribution in [0.3, 0.4) is 0 Å². The van der Waals surface area contributed by atoms with Crippen molar-refractivity contribution >= 4 is 28.8 Å². The lowest BCUT2D eigenvalue weighted by molar-refractivity contribution is -0.137. The Kier molecular flexibility index (Phi) is 8.28. The van der Waals surface area contributed by atoms with Gasteiger partial charge >= 0.3 is 0 Å². The summed E-state index contributed by atoms with van der Waals surface area (Å²) in [6.07, 6.45) is 0.609. The summed E-state index contributed by atoms with van der Waals surface area (Å²) in [6.45, 7) is 13.5. The zero-order valence-corrected chi connectivity index (χ0v) is 20.4. The number of amides is 2. The van der Waals surface area contributed by atoms with Crippen LogP contribution in [0.5, 0.6) is 0 Å². The Labute approximate surface area is 197 Å². The molecule has 6 heteroatoms. The number of carbonyl (C=O) groups is 2. The fourth-order valence-electron chi connectivity index (χ4n) is 4.02. The van der Waals surface area contributed by atoms with E-state index in [0.717, 1.165) is 41.2 Å². The van der Waals surface area contributed by atoms with E-state index in [1.165, 1.54) is 4.90 Å². The van der Waals surface area contributed by atoms with Gasteiger partial charge in [0.25, 0.3) is 11.8 Å². The van der Waals surface area contributed by atoms with Crippen molar-refractivity contribution in [2.45, 2.75) is 41.0 Å². The predicted octanol–water partition coefficient (Wildman–Crippen LogP) is 4.77. The maximum Gasteiger partial charge on any atom is 0.278 e. The SMILES string of the molecule is CCOCCCN1C(=O)C(Nc2ccc(N(CC)CC)cc2)=C(c2ccc(C)c(C)c2)C1=O. The van der Waals surface area contributed by atoms with Gasteiger partial charge in [0.05, 0.1) is 5.57 Å². The second-order valence-electron chi connectivity index (χ2n) is 8.21. The molecule has 1 heterocycles. The van der Waals surface area contributed by atoms with Crippen molar-refractivity contribution in [3.63, 3.8) is 0 Å². The summed E-state index contributed by atoms with van der Waals surface area (Å²) in [6, 6.07) is 13.9. The van der Waals surface area contributed by atoms with E-state index in [9.17, 15) is 9.59 Å². The summed E-state index contributed by atoms with van der Waals surface area (Å²) in [7, 11) is 0. The Bertz CT molecular complexity index is 1020. The molecule has 6 nitrogen and oxygen atoms in total. The van der Waals surface area contributed by atoms with Crippen LogP contribution in [0.2, 0.25) is 0 Å². The maximum atomic E-state index is 13.4. The monoisotopic (exact) mass is 449 g/mol. The van der Waals surface area contributed by atoms with Crippen LogP contribution in [0.4, 0.5) is 11.4 Å². The Morgan fingerprint density at radius 3 is 2.21 bits per heavy atom. The smallest absolute Gasteiger partial charge is 0.278 e. The highest BCUT2D eigenvalue weighted by Crippen LogP contribution is 2.32. The molecule has 0 unspecified atom stereocenters. The molecule has 0 spiro atoms. The van der Waals surface area contributed by atoms with Crippen molar-refractivity contribution in [2.75, 3.05) is 43.1 Å². The van der Waals surface area contributed by atoms with Gasteiger partial charge in [0.2, 0.25) is 0 Å². The number of rotatable bonds is 11. The fourth-order valence-corrected chi connectivity index (χ4v) is 4.02. The first-order valence-corrected chi connectivity index (χ1v) is 11.8. The van der Waals surface area contributed by atoms with Gasteiger partial charge in [0.15, 0.2) is 0 Å². The van der Waals surface area contributed by atoms with Crippen LogP contribution >= 0.6 is 0 Å². The highest BCUT2D eigenvalue weighted by molar-refractivity contribution is 6.36. The Morgan fingerprint density at radius 2 is 1.61 bits per heavy atom. The first-order valence-electron chi connectivity index (χ1n) is 11.8. The lowest BCUT2D eigenvalue weighted by Crippen LogP contribution is -2.34. The lowest BCUT2D eigenvalue weighted by Gasteiger charge is -2.21. The van der Waals surface area contributed by atoms with Crippen molar-refractivity contribution in [1.29, 1.82) is 0 Å². The van der Waals surface area contributed by atoms with Crippen LogP contribution in [0.25, 0.3) is 5.57 Å². The number of hydrogen-bond acceptors (Lipinski definition) is 5. The van der Waals surface area contributed by atoms with E-state index < -0.39 is 0 Å². The largest absolute Gasteiger partial charge is 0.382 e. The van der Waals surface area contributed by atoms with Gasteiger partial charge in [-0.15, -0.1) is 0 Å². The summed E-state index contributed by atoms with van der Waals surface area (Å²) in [4.78, 5) is 30.3. The Morgan fingerprint density at radius 1 is 0.909 bits per heavy atom. The highest BCUT2D eigenvalue weighted by atomic mass is 16.5. The zero-order chi connectivity index (χ0) is 24.0. The third kappa shape index (κ3) is 5.45. The van der Waals surface area contributed by atoms with Gasteiger partial charge in [-0.3, -0.25) is 14.5 Å². The number of hydrogen-bond donors (Lipinski definition) is 1. The molecule has 0 radical (unpaired) electrons. The lowest BCUT2D eigenvalue weighted by atomic mass is 9.99. The van der Waals surface area contributed by atoms with E-state index in [-0.39, 0.29) is 11.8 Å². The summed E-state index contributed by atoms with van der Waals surface area (Å²) >= 11 is 0. The molecule has 0 saturated heterocycles. The molecule has 0 atom stereocenters. The molecule has 2 aromatic rings. The molecule has 2 amide bonds. The number of aryl methyl sites for hydroxylation is 2. The normalized spacial score (nSPS) is 13.8. The van der Waals surface area contributed by atoms with Crippen LogP contribution in [0.1, 0.15) is 43.9 Å². The molecular weight excluding hydrogens is 414 g/mol. The summed E-state index contributed by atoms with van der Waals surface area (Å²) < 4.78 is 5.39. The molecule has 0 aromatic heterocycles. The maximum absolute atomic E-state index is 13.4. The first kappa shape index (κ1) is 24.5. The number of imide groups is 1. The quantitative estimate of drug-likeness (QED) is 0.396. The van der Waals surface area contributed by atoms with Crippen LogP contribution in [-0.2, 0) is 14.3 Å². The van der Waals surface area contributed by atoms with E-state index in [0.29, 0.717) is 37.4 Å². The fraction of sp³-hybridized carbons (Fsp3) is 0.407. The average Bonchev–Trinajstić information content (AvgIpc) is 3.04. The number of ether oxygens (including phenoxy) is 1. The van der Waals surface area contributed by atoms with Gasteiger partial charge in [-0.25, -0.2) is 0 Å². The number of nitrogens with zero attached hydrogens (tertiary/aromatic N) is 2. The van der Waals surface area contributed by atoms with Crippen LogP contribution in [0.15, 0.2) is 48.2 Å². The molecule has 0 aliphatic carbocycles. The predicted molar refractivity (Wildman–Crippen MR) is 134 cm³/mol. The van der Waals surface area contributed by atoms with Crippen LogP contribution in [0, 0.1) is 13.8 Å². The molecule has 0 bridgehead atoms. The van der Waals surface area contributed by atoms with Crippen molar-refractivity contribution in [2.24, 2.45) is 0 Å². The van der Waals surface area contributed by atoms with Gasteiger partial charge in [0, 0.05) is 44.2 Å². The minimum atomic E-state index is -0.294. The van der Waals surface area contributed by atoms with Crippen molar-refractivity contribution in [1.82, 2.24) is 4.90 Å². The standard InChI is InChI=1S/C27H35N3O3/c1-6-29(7-2)23-14-12-22(13-15-23)28-25-24(21-11-10-19(4)20(5)18-21)26(31)30(27(25)32)16-9-17-33-8-3/h10-15,18,28H,6-9,16-17H2,1-5H3. The third-order valence-electron chi connectivity index (χ3n) is 6.10. The summed E-state index contributed by atoms with van der Waals surface area (Å²) in [5.74, 6) is -0.556. The van der Waals surface area contributed by atoms with Crippen molar-refractivity contribution < 1.29 is 14.3 Å². The minimum Gasteiger partial charge on any atom is -0.382 e. The molecule has 0 fully saturated rings. The summed E-state index contributed by atoms with van der Waals surface area (Å²) in [5.41, 5.74) is 5.64. The molecule has 0 saturated carbocycles. The average molecular weight is 450 g/mol. The topological polar surface area (TPSA) is 61.9 Å². The van der Waals surface area contributed by atoms with Crippen molar-refractivity contribution in [3.8, 4) is 0 Å². The molecular formula is C27H35N3O3. The molecule has 3 rings (SSSR count). The zero-order valence-electron chi connectivity index (χ0n) is 20.4. The van der Waals surface area contributed by atoms with E-state index in [4.69, 9.17) is 4.74 Å². The van der Waals surface area contributed by atoms with Gasteiger partial charge in [-0.05, 0) is 82.0 Å². The molecule has 2 aromatic carbocycles. The Hall–Kier alpha value is -3.12. The third-order valence-corrected chi connectivity index (χ3v) is 6.10. The van der Waals surface area contributed by atoms with Gasteiger partial charge < -0.3 is 15.0 Å². The number of carbonyl (C=O) groups excluding carboxylic acids is 2. The van der Waals surface area contributed by atoms with Crippen molar-refractivity contribution in [3.05, 3.63) is 64.9 Å². The second-order valence-corrected chi connectivity index (χ2v) is 8.21. The second kappa shape index (κ2) is 11.1. The van der Waals surface area contributed by atoms with Gasteiger partial charge in [0.1, 0.15) is 5.70 Å². The minimum absolute atomic E-state index is 0.262. The highest BCUT2D eigenvalue weighted by Gasteiger charge is 2.39. The molecule has 1 N–H and O–H groups in total. The molecule has 33 heavy (non-hydrogen) atoms. The molecule has 1 aliphatic rings.